The number of thiocarbonyl (C=S) groups is 1. The van der Waals surface area contributed by atoms with Crippen LogP contribution in [-0.4, -0.2) is 16.9 Å². The van der Waals surface area contributed by atoms with Gasteiger partial charge in [0, 0.05) is 16.5 Å². The summed E-state index contributed by atoms with van der Waals surface area (Å²) in [5.41, 5.74) is 5.01. The van der Waals surface area contributed by atoms with Crippen LogP contribution in [0.5, 0.6) is 0 Å². The van der Waals surface area contributed by atoms with Crippen molar-refractivity contribution >= 4 is 62.2 Å². The summed E-state index contributed by atoms with van der Waals surface area (Å²) in [4.78, 5) is 24.5. The second-order valence-corrected chi connectivity index (χ2v) is 7.70. The molecule has 0 aliphatic carbocycles. The molecule has 5 nitrogen and oxygen atoms in total. The van der Waals surface area contributed by atoms with Gasteiger partial charge in [-0.2, -0.15) is 0 Å². The summed E-state index contributed by atoms with van der Waals surface area (Å²) in [7, 11) is 0. The van der Waals surface area contributed by atoms with Crippen molar-refractivity contribution in [2.45, 2.75) is 45.4 Å². The van der Waals surface area contributed by atoms with Crippen LogP contribution in [0.1, 0.15) is 55.1 Å². The molecule has 0 unspecified atom stereocenters. The van der Waals surface area contributed by atoms with Gasteiger partial charge in [0.25, 0.3) is 5.91 Å². The minimum atomic E-state index is -0.396. The highest BCUT2D eigenvalue weighted by Gasteiger charge is 2.17. The number of benzene rings is 1. The zero-order valence-corrected chi connectivity index (χ0v) is 17.0. The molecule has 0 saturated heterocycles. The highest BCUT2D eigenvalue weighted by molar-refractivity contribution is 7.80. The van der Waals surface area contributed by atoms with Gasteiger partial charge in [0.2, 0.25) is 5.91 Å². The lowest BCUT2D eigenvalue weighted by Crippen LogP contribution is -2.48. The molecule has 0 radical (unpaired) electrons. The van der Waals surface area contributed by atoms with Crippen LogP contribution in [0.15, 0.2) is 24.3 Å². The molecule has 0 aliphatic heterocycles. The molecule has 3 N–H and O–H groups in total. The third-order valence-corrected chi connectivity index (χ3v) is 5.67. The zero-order chi connectivity index (χ0) is 18.9. The van der Waals surface area contributed by atoms with Gasteiger partial charge in [0.15, 0.2) is 5.11 Å². The highest BCUT2D eigenvalue weighted by Crippen LogP contribution is 2.34. The first-order valence-electron chi connectivity index (χ1n) is 8.60. The Morgan fingerprint density at radius 3 is 2.58 bits per heavy atom. The van der Waals surface area contributed by atoms with Crippen LogP contribution in [0, 0.1) is 0 Å². The largest absolute Gasteiger partial charge is 0.302 e. The Hall–Kier alpha value is -1.70. The number of thiophene rings is 1. The van der Waals surface area contributed by atoms with E-state index in [0.717, 1.165) is 29.3 Å². The fourth-order valence-electron chi connectivity index (χ4n) is 2.44. The van der Waals surface area contributed by atoms with E-state index in [-0.39, 0.29) is 11.0 Å². The lowest BCUT2D eigenvalue weighted by atomic mass is 10.1. The SMILES string of the molecule is CCCCCCCC(=O)NC(=S)NNC(=O)c1sc2ccccc2c1Cl. The van der Waals surface area contributed by atoms with Crippen LogP contribution in [0.3, 0.4) is 0 Å². The van der Waals surface area contributed by atoms with Crippen molar-refractivity contribution in [2.75, 3.05) is 0 Å². The first-order valence-corrected chi connectivity index (χ1v) is 10.2. The van der Waals surface area contributed by atoms with Crippen molar-refractivity contribution in [1.29, 1.82) is 0 Å². The van der Waals surface area contributed by atoms with Gasteiger partial charge in [0.05, 0.1) is 5.02 Å². The monoisotopic (exact) mass is 411 g/mol. The predicted molar refractivity (Wildman–Crippen MR) is 112 cm³/mol. The lowest BCUT2D eigenvalue weighted by molar-refractivity contribution is -0.119. The van der Waals surface area contributed by atoms with Gasteiger partial charge in [-0.05, 0) is 24.7 Å². The topological polar surface area (TPSA) is 70.2 Å². The summed E-state index contributed by atoms with van der Waals surface area (Å²) in [6.45, 7) is 2.15. The summed E-state index contributed by atoms with van der Waals surface area (Å²) in [5, 5.41) is 3.87. The Balaban J connectivity index is 1.76. The third kappa shape index (κ3) is 5.93. The molecule has 2 rings (SSSR count). The average Bonchev–Trinajstić information content (AvgIpc) is 2.97. The van der Waals surface area contributed by atoms with Crippen LogP contribution in [0.2, 0.25) is 5.02 Å². The molecule has 0 fully saturated rings. The predicted octanol–water partition coefficient (Wildman–Crippen LogP) is 4.55. The van der Waals surface area contributed by atoms with Gasteiger partial charge in [-0.15, -0.1) is 11.3 Å². The smallest absolute Gasteiger partial charge is 0.281 e. The number of unbranched alkanes of at least 4 members (excludes halogenated alkanes) is 4. The molecule has 2 aromatic rings. The van der Waals surface area contributed by atoms with E-state index in [1.807, 2.05) is 24.3 Å². The Labute approximate surface area is 167 Å². The quantitative estimate of drug-likeness (QED) is 0.355. The van der Waals surface area contributed by atoms with E-state index in [0.29, 0.717) is 16.3 Å². The first-order chi connectivity index (χ1) is 12.5. The first kappa shape index (κ1) is 20.6. The van der Waals surface area contributed by atoms with Crippen molar-refractivity contribution in [3.8, 4) is 0 Å². The number of rotatable bonds is 7. The molecular formula is C18H22ClN3O2S2. The molecule has 8 heteroatoms. The zero-order valence-electron chi connectivity index (χ0n) is 14.6. The molecule has 1 aromatic carbocycles. The molecule has 26 heavy (non-hydrogen) atoms. The van der Waals surface area contributed by atoms with Gasteiger partial charge in [-0.25, -0.2) is 0 Å². The third-order valence-electron chi connectivity index (χ3n) is 3.79. The molecule has 140 valence electrons. The van der Waals surface area contributed by atoms with E-state index in [1.165, 1.54) is 24.2 Å². The lowest BCUT2D eigenvalue weighted by Gasteiger charge is -2.10. The summed E-state index contributed by atoms with van der Waals surface area (Å²) in [6.07, 6.45) is 5.78. The van der Waals surface area contributed by atoms with E-state index >= 15 is 0 Å². The van der Waals surface area contributed by atoms with Gasteiger partial charge >= 0.3 is 0 Å². The maximum Gasteiger partial charge on any atom is 0.281 e. The molecule has 0 spiro atoms. The number of carbonyl (C=O) groups is 2. The maximum absolute atomic E-state index is 12.3. The normalized spacial score (nSPS) is 10.5. The van der Waals surface area contributed by atoms with Crippen LogP contribution < -0.4 is 16.2 Å². The summed E-state index contributed by atoms with van der Waals surface area (Å²) in [5.74, 6) is -0.555. The van der Waals surface area contributed by atoms with E-state index in [1.54, 1.807) is 0 Å². The number of hydrogen-bond acceptors (Lipinski definition) is 4. The number of hydrazine groups is 1. The number of carbonyl (C=O) groups excluding carboxylic acids is 2. The fourth-order valence-corrected chi connectivity index (χ4v) is 4.02. The van der Waals surface area contributed by atoms with Crippen molar-refractivity contribution in [2.24, 2.45) is 0 Å². The van der Waals surface area contributed by atoms with E-state index in [4.69, 9.17) is 23.8 Å². The molecule has 0 bridgehead atoms. The van der Waals surface area contributed by atoms with E-state index < -0.39 is 5.91 Å². The standard InChI is InChI=1S/C18H22ClN3O2S2/c1-2-3-4-5-6-11-14(23)20-18(25)22-21-17(24)16-15(19)12-9-7-8-10-13(12)26-16/h7-10H,2-6,11H2,1H3,(H,21,24)(H2,20,22,23,25). The van der Waals surface area contributed by atoms with Crippen LogP contribution >= 0.6 is 35.2 Å². The number of amides is 2. The maximum atomic E-state index is 12.3. The van der Waals surface area contributed by atoms with E-state index in [2.05, 4.69) is 23.1 Å². The van der Waals surface area contributed by atoms with Crippen LogP contribution in [0.25, 0.3) is 10.1 Å². The minimum Gasteiger partial charge on any atom is -0.302 e. The second-order valence-electron chi connectivity index (χ2n) is 5.86. The number of halogens is 1. The van der Waals surface area contributed by atoms with Gasteiger partial charge < -0.3 is 5.32 Å². The number of nitrogens with one attached hydrogen (secondary N) is 3. The van der Waals surface area contributed by atoms with Crippen molar-refractivity contribution in [1.82, 2.24) is 16.2 Å². The molecule has 0 saturated carbocycles. The summed E-state index contributed by atoms with van der Waals surface area (Å²) in [6, 6.07) is 7.53. The Morgan fingerprint density at radius 1 is 1.12 bits per heavy atom. The number of hydrogen-bond donors (Lipinski definition) is 3. The molecule has 2 amide bonds. The molecule has 0 aliphatic rings. The number of fused-ring (bicyclic) bond motifs is 1. The van der Waals surface area contributed by atoms with Crippen molar-refractivity contribution in [3.05, 3.63) is 34.2 Å². The molecular weight excluding hydrogens is 390 g/mol. The summed E-state index contributed by atoms with van der Waals surface area (Å²) < 4.78 is 0.932. The molecule has 1 heterocycles. The molecule has 1 aromatic heterocycles. The Bertz CT molecular complexity index is 792. The van der Waals surface area contributed by atoms with Crippen LogP contribution in [-0.2, 0) is 4.79 Å². The fraction of sp³-hybridized carbons (Fsp3) is 0.389. The van der Waals surface area contributed by atoms with Crippen LogP contribution in [0.4, 0.5) is 0 Å². The van der Waals surface area contributed by atoms with Gasteiger partial charge in [-0.1, -0.05) is 62.4 Å². The highest BCUT2D eigenvalue weighted by atomic mass is 35.5. The van der Waals surface area contributed by atoms with E-state index in [9.17, 15) is 9.59 Å². The minimum absolute atomic E-state index is 0.0640. The average molecular weight is 412 g/mol. The Kier molecular flexibility index (Phi) is 8.28. The van der Waals surface area contributed by atoms with Crippen molar-refractivity contribution < 1.29 is 9.59 Å². The van der Waals surface area contributed by atoms with Gasteiger partial charge in [0.1, 0.15) is 4.88 Å². The van der Waals surface area contributed by atoms with Gasteiger partial charge in [-0.3, -0.25) is 20.4 Å². The second kappa shape index (κ2) is 10.4. The summed E-state index contributed by atoms with van der Waals surface area (Å²) >= 11 is 12.6. The Morgan fingerprint density at radius 2 is 1.85 bits per heavy atom. The molecule has 0 atom stereocenters. The van der Waals surface area contributed by atoms with Crippen molar-refractivity contribution in [3.63, 3.8) is 0 Å².